The largest absolute Gasteiger partial charge is 0.366 e. The summed E-state index contributed by atoms with van der Waals surface area (Å²) in [5, 5.41) is 4.56. The highest BCUT2D eigenvalue weighted by Crippen LogP contribution is 2.18. The molecule has 1 aromatic carbocycles. The van der Waals surface area contributed by atoms with Crippen LogP contribution < -0.4 is 5.73 Å². The second kappa shape index (κ2) is 8.44. The molecule has 3 rings (SSSR count). The van der Waals surface area contributed by atoms with Gasteiger partial charge in [0.05, 0.1) is 12.1 Å². The van der Waals surface area contributed by atoms with Crippen LogP contribution in [0.15, 0.2) is 30.3 Å². The third kappa shape index (κ3) is 4.53. The van der Waals surface area contributed by atoms with E-state index in [0.717, 1.165) is 33.9 Å². The number of nitrogens with zero attached hydrogens (tertiary/aromatic N) is 5. The Balaban J connectivity index is 1.79. The Bertz CT molecular complexity index is 1100. The average molecular weight is 406 g/mol. The molecule has 0 saturated heterocycles. The zero-order valence-corrected chi connectivity index (χ0v) is 17.9. The van der Waals surface area contributed by atoms with Gasteiger partial charge in [0.2, 0.25) is 11.8 Å². The quantitative estimate of drug-likeness (QED) is 0.675. The summed E-state index contributed by atoms with van der Waals surface area (Å²) in [5.41, 5.74) is 10.8. The van der Waals surface area contributed by atoms with Gasteiger partial charge in [0.15, 0.2) is 0 Å². The van der Waals surface area contributed by atoms with E-state index in [1.54, 1.807) is 34.8 Å². The summed E-state index contributed by atoms with van der Waals surface area (Å²) in [7, 11) is 1.74. The number of carbonyl (C=O) groups excluding carboxylic acids is 2. The molecule has 0 unspecified atom stereocenters. The number of benzene rings is 1. The smallest absolute Gasteiger partial charge is 0.251 e. The van der Waals surface area contributed by atoms with Gasteiger partial charge in [0.1, 0.15) is 0 Å². The van der Waals surface area contributed by atoms with Crippen LogP contribution in [0.5, 0.6) is 0 Å². The Morgan fingerprint density at radius 2 is 1.73 bits per heavy atom. The number of likely N-dealkylation sites (N-methyl/N-ethyl adjacent to an activating group) is 1. The van der Waals surface area contributed by atoms with Crippen molar-refractivity contribution in [3.8, 4) is 5.95 Å². The monoisotopic (exact) mass is 406 g/mol. The van der Waals surface area contributed by atoms with Crippen LogP contribution in [-0.4, -0.2) is 43.5 Å². The normalized spacial score (nSPS) is 10.8. The van der Waals surface area contributed by atoms with Crippen molar-refractivity contribution in [2.75, 3.05) is 7.05 Å². The van der Waals surface area contributed by atoms with E-state index < -0.39 is 5.91 Å². The molecule has 2 heterocycles. The van der Waals surface area contributed by atoms with Gasteiger partial charge in [0.25, 0.3) is 5.95 Å². The van der Waals surface area contributed by atoms with Crippen molar-refractivity contribution in [1.29, 1.82) is 0 Å². The predicted octanol–water partition coefficient (Wildman–Crippen LogP) is 2.20. The van der Waals surface area contributed by atoms with E-state index >= 15 is 0 Å². The fraction of sp³-hybridized carbons (Fsp3) is 0.318. The average Bonchev–Trinajstić information content (AvgIpc) is 2.95. The van der Waals surface area contributed by atoms with Crippen molar-refractivity contribution < 1.29 is 9.59 Å². The van der Waals surface area contributed by atoms with E-state index in [2.05, 4.69) is 15.1 Å². The van der Waals surface area contributed by atoms with Gasteiger partial charge in [0, 0.05) is 41.8 Å². The standard InChI is InChI=1S/C22H26N6O2/c1-13-9-14(2)25-22(24-13)28-16(4)19(15(3)26-28)11-20(29)27(5)12-17-7-6-8-18(10-17)21(23)30/h6-10H,11-12H2,1-5H3,(H2,23,30). The molecular weight excluding hydrogens is 380 g/mol. The molecule has 0 aliphatic rings. The third-order valence-electron chi connectivity index (χ3n) is 4.99. The maximum absolute atomic E-state index is 12.9. The van der Waals surface area contributed by atoms with Crippen molar-refractivity contribution in [3.63, 3.8) is 0 Å². The molecule has 2 amide bonds. The van der Waals surface area contributed by atoms with Gasteiger partial charge in [-0.05, 0) is 51.5 Å². The van der Waals surface area contributed by atoms with Crippen LogP contribution >= 0.6 is 0 Å². The molecule has 0 aliphatic carbocycles. The summed E-state index contributed by atoms with van der Waals surface area (Å²) in [5.74, 6) is -0.0342. The topological polar surface area (TPSA) is 107 Å². The van der Waals surface area contributed by atoms with Crippen LogP contribution in [0.25, 0.3) is 5.95 Å². The summed E-state index contributed by atoms with van der Waals surface area (Å²) in [4.78, 5) is 34.8. The first-order valence-corrected chi connectivity index (χ1v) is 9.66. The Hall–Kier alpha value is -3.55. The number of aryl methyl sites for hydroxylation is 3. The zero-order valence-electron chi connectivity index (χ0n) is 17.9. The van der Waals surface area contributed by atoms with Gasteiger partial charge >= 0.3 is 0 Å². The van der Waals surface area contributed by atoms with E-state index in [1.807, 2.05) is 39.8 Å². The van der Waals surface area contributed by atoms with Crippen molar-refractivity contribution in [2.45, 2.75) is 40.7 Å². The first kappa shape index (κ1) is 21.2. The van der Waals surface area contributed by atoms with Crippen molar-refractivity contribution in [1.82, 2.24) is 24.6 Å². The van der Waals surface area contributed by atoms with Crippen molar-refractivity contribution in [3.05, 3.63) is 69.8 Å². The summed E-state index contributed by atoms with van der Waals surface area (Å²) in [6.07, 6.45) is 0.217. The van der Waals surface area contributed by atoms with Crippen molar-refractivity contribution in [2.24, 2.45) is 5.73 Å². The lowest BCUT2D eigenvalue weighted by Gasteiger charge is -2.18. The lowest BCUT2D eigenvalue weighted by atomic mass is 10.1. The maximum Gasteiger partial charge on any atom is 0.251 e. The molecule has 0 bridgehead atoms. The molecule has 2 N–H and O–H groups in total. The van der Waals surface area contributed by atoms with Crippen LogP contribution in [-0.2, 0) is 17.8 Å². The molecule has 8 nitrogen and oxygen atoms in total. The minimum absolute atomic E-state index is 0.0495. The van der Waals surface area contributed by atoms with Gasteiger partial charge in [-0.1, -0.05) is 12.1 Å². The zero-order chi connectivity index (χ0) is 22.0. The summed E-state index contributed by atoms with van der Waals surface area (Å²) < 4.78 is 1.69. The number of carbonyl (C=O) groups is 2. The van der Waals surface area contributed by atoms with Gasteiger partial charge in [-0.3, -0.25) is 9.59 Å². The summed E-state index contributed by atoms with van der Waals surface area (Å²) in [6.45, 7) is 8.00. The molecule has 0 radical (unpaired) electrons. The van der Waals surface area contributed by atoms with E-state index in [-0.39, 0.29) is 12.3 Å². The number of hydrogen-bond acceptors (Lipinski definition) is 5. The molecule has 0 aliphatic heterocycles. The van der Waals surface area contributed by atoms with E-state index in [0.29, 0.717) is 18.1 Å². The van der Waals surface area contributed by atoms with E-state index in [9.17, 15) is 9.59 Å². The number of rotatable bonds is 6. The van der Waals surface area contributed by atoms with E-state index in [4.69, 9.17) is 5.73 Å². The van der Waals surface area contributed by atoms with Crippen LogP contribution in [0.3, 0.4) is 0 Å². The molecule has 0 fully saturated rings. The maximum atomic E-state index is 12.9. The van der Waals surface area contributed by atoms with Crippen molar-refractivity contribution >= 4 is 11.8 Å². The molecule has 8 heteroatoms. The first-order valence-electron chi connectivity index (χ1n) is 9.66. The molecule has 2 aromatic heterocycles. The first-order chi connectivity index (χ1) is 14.2. The highest BCUT2D eigenvalue weighted by Gasteiger charge is 2.19. The van der Waals surface area contributed by atoms with Gasteiger partial charge in [-0.25, -0.2) is 14.6 Å². The second-order valence-electron chi connectivity index (χ2n) is 7.50. The number of hydrogen-bond donors (Lipinski definition) is 1. The lowest BCUT2D eigenvalue weighted by molar-refractivity contribution is -0.129. The molecule has 156 valence electrons. The van der Waals surface area contributed by atoms with Crippen LogP contribution in [0.2, 0.25) is 0 Å². The second-order valence-corrected chi connectivity index (χ2v) is 7.50. The van der Waals surface area contributed by atoms with Crippen LogP contribution in [0.4, 0.5) is 0 Å². The number of primary amides is 1. The van der Waals surface area contributed by atoms with Crippen LogP contribution in [0, 0.1) is 27.7 Å². The fourth-order valence-electron chi connectivity index (χ4n) is 3.40. The van der Waals surface area contributed by atoms with Gasteiger partial charge < -0.3 is 10.6 Å². The summed E-state index contributed by atoms with van der Waals surface area (Å²) >= 11 is 0. The third-order valence-corrected chi connectivity index (χ3v) is 4.99. The lowest BCUT2D eigenvalue weighted by Crippen LogP contribution is -2.28. The molecule has 3 aromatic rings. The van der Waals surface area contributed by atoms with E-state index in [1.165, 1.54) is 0 Å². The Morgan fingerprint density at radius 1 is 1.07 bits per heavy atom. The molecule has 30 heavy (non-hydrogen) atoms. The predicted molar refractivity (Wildman–Crippen MR) is 113 cm³/mol. The number of nitrogens with two attached hydrogens (primary N) is 1. The van der Waals surface area contributed by atoms with Crippen LogP contribution in [0.1, 0.15) is 44.3 Å². The summed E-state index contributed by atoms with van der Waals surface area (Å²) in [6, 6.07) is 8.89. The molecular formula is C22H26N6O2. The fourth-order valence-corrected chi connectivity index (χ4v) is 3.40. The molecule has 0 spiro atoms. The minimum atomic E-state index is -0.488. The van der Waals surface area contributed by atoms with Gasteiger partial charge in [-0.2, -0.15) is 5.10 Å². The number of amides is 2. The Kier molecular flexibility index (Phi) is 5.96. The molecule has 0 atom stereocenters. The minimum Gasteiger partial charge on any atom is -0.366 e. The number of aromatic nitrogens is 4. The molecule has 0 saturated carbocycles. The SMILES string of the molecule is Cc1cc(C)nc(-n2nc(C)c(CC(=O)N(C)Cc3cccc(C(N)=O)c3)c2C)n1. The van der Waals surface area contributed by atoms with Gasteiger partial charge in [-0.15, -0.1) is 0 Å². The highest BCUT2D eigenvalue weighted by molar-refractivity contribution is 5.92. The Morgan fingerprint density at radius 3 is 2.37 bits per heavy atom. The Labute approximate surface area is 175 Å². The highest BCUT2D eigenvalue weighted by atomic mass is 16.2.